The highest BCUT2D eigenvalue weighted by Crippen LogP contribution is 2.25. The Morgan fingerprint density at radius 1 is 1.04 bits per heavy atom. The van der Waals surface area contributed by atoms with Crippen LogP contribution in [-0.2, 0) is 4.79 Å². The summed E-state index contributed by atoms with van der Waals surface area (Å²) in [6, 6.07) is 7.46. The number of nitrogens with zero attached hydrogens (tertiary/aromatic N) is 3. The molecular formula is C20H19N3O5. The van der Waals surface area contributed by atoms with Crippen molar-refractivity contribution in [1.29, 1.82) is 5.26 Å². The molecule has 0 unspecified atom stereocenters. The number of likely N-dealkylation sites (N-methyl/N-ethyl adjacent to an activating group) is 1. The number of rotatable bonds is 5. The van der Waals surface area contributed by atoms with Crippen molar-refractivity contribution >= 4 is 23.9 Å². The van der Waals surface area contributed by atoms with Crippen molar-refractivity contribution in [2.45, 2.75) is 13.8 Å². The van der Waals surface area contributed by atoms with Gasteiger partial charge in [-0.1, -0.05) is 0 Å². The molecule has 144 valence electrons. The lowest BCUT2D eigenvalue weighted by Crippen LogP contribution is -2.22. The highest BCUT2D eigenvalue weighted by atomic mass is 16.4. The van der Waals surface area contributed by atoms with E-state index < -0.39 is 17.8 Å². The molecule has 2 rings (SSSR count). The summed E-state index contributed by atoms with van der Waals surface area (Å²) in [6.07, 6.45) is 1.46. The first-order valence-electron chi connectivity index (χ1n) is 8.21. The summed E-state index contributed by atoms with van der Waals surface area (Å²) >= 11 is 0. The molecule has 0 aliphatic rings. The van der Waals surface area contributed by atoms with Gasteiger partial charge in [0.2, 0.25) is 0 Å². The van der Waals surface area contributed by atoms with Crippen molar-refractivity contribution in [3.05, 3.63) is 57.9 Å². The van der Waals surface area contributed by atoms with E-state index in [9.17, 15) is 29.9 Å². The minimum atomic E-state index is -1.24. The highest BCUT2D eigenvalue weighted by molar-refractivity contribution is 6.01. The van der Waals surface area contributed by atoms with Gasteiger partial charge in [-0.3, -0.25) is 4.79 Å². The number of benzene rings is 1. The van der Waals surface area contributed by atoms with E-state index in [0.717, 1.165) is 6.07 Å². The smallest absolute Gasteiger partial charge is 0.335 e. The molecular weight excluding hydrogens is 362 g/mol. The van der Waals surface area contributed by atoms with E-state index in [4.69, 9.17) is 0 Å². The largest absolute Gasteiger partial charge is 0.478 e. The molecule has 0 atom stereocenters. The van der Waals surface area contributed by atoms with Crippen molar-refractivity contribution in [2.75, 3.05) is 14.1 Å². The number of aromatic nitrogens is 1. The first-order valence-corrected chi connectivity index (χ1v) is 8.21. The van der Waals surface area contributed by atoms with Crippen molar-refractivity contribution in [3.63, 3.8) is 0 Å². The van der Waals surface area contributed by atoms with Crippen LogP contribution < -0.4 is 0 Å². The van der Waals surface area contributed by atoms with Crippen molar-refractivity contribution in [3.8, 4) is 11.8 Å². The number of nitriles is 1. The minimum absolute atomic E-state index is 0.0456. The second-order valence-electron chi connectivity index (χ2n) is 6.41. The van der Waals surface area contributed by atoms with Gasteiger partial charge in [0.25, 0.3) is 5.91 Å². The lowest BCUT2D eigenvalue weighted by Gasteiger charge is -2.12. The van der Waals surface area contributed by atoms with Crippen LogP contribution in [0.5, 0.6) is 0 Å². The number of aromatic carboxylic acids is 2. The first kappa shape index (κ1) is 20.5. The van der Waals surface area contributed by atoms with E-state index in [0.29, 0.717) is 22.6 Å². The second-order valence-corrected chi connectivity index (χ2v) is 6.41. The summed E-state index contributed by atoms with van der Waals surface area (Å²) in [6.45, 7) is 3.50. The average Bonchev–Trinajstić information content (AvgIpc) is 2.91. The van der Waals surface area contributed by atoms with E-state index in [1.54, 1.807) is 38.6 Å². The van der Waals surface area contributed by atoms with Crippen LogP contribution in [0.4, 0.5) is 0 Å². The molecule has 2 aromatic rings. The zero-order valence-corrected chi connectivity index (χ0v) is 15.8. The number of carbonyl (C=O) groups is 3. The van der Waals surface area contributed by atoms with Crippen LogP contribution in [0.1, 0.15) is 37.7 Å². The molecule has 0 saturated carbocycles. The van der Waals surface area contributed by atoms with Gasteiger partial charge in [0, 0.05) is 31.2 Å². The lowest BCUT2D eigenvalue weighted by molar-refractivity contribution is -0.124. The maximum atomic E-state index is 12.1. The zero-order valence-electron chi connectivity index (χ0n) is 15.8. The highest BCUT2D eigenvalue weighted by Gasteiger charge is 2.17. The number of amides is 1. The number of carboxylic acid groups (broad SMARTS) is 2. The minimum Gasteiger partial charge on any atom is -0.478 e. The Hall–Kier alpha value is -3.86. The maximum absolute atomic E-state index is 12.1. The molecule has 1 amide bonds. The van der Waals surface area contributed by atoms with Gasteiger partial charge in [0.1, 0.15) is 11.6 Å². The Morgan fingerprint density at radius 3 is 2.00 bits per heavy atom. The van der Waals surface area contributed by atoms with Crippen LogP contribution >= 0.6 is 0 Å². The number of hydrogen-bond acceptors (Lipinski definition) is 4. The zero-order chi connectivity index (χ0) is 21.2. The Balaban J connectivity index is 2.68. The Labute approximate surface area is 161 Å². The SMILES string of the molecule is Cc1cc(/C=C(/C#N)C(=O)N(C)C)c(C)n1-c1cc(C(=O)O)cc(C(=O)O)c1. The molecule has 8 nitrogen and oxygen atoms in total. The number of hydrogen-bond donors (Lipinski definition) is 2. The maximum Gasteiger partial charge on any atom is 0.335 e. The van der Waals surface area contributed by atoms with Crippen LogP contribution in [0.3, 0.4) is 0 Å². The van der Waals surface area contributed by atoms with Gasteiger partial charge in [0.05, 0.1) is 11.1 Å². The number of carbonyl (C=O) groups excluding carboxylic acids is 1. The molecule has 1 aromatic carbocycles. The summed E-state index contributed by atoms with van der Waals surface area (Å²) in [5.74, 6) is -2.92. The molecule has 1 aromatic heterocycles. The molecule has 0 aliphatic carbocycles. The van der Waals surface area contributed by atoms with Crippen LogP contribution in [0.2, 0.25) is 0 Å². The predicted molar refractivity (Wildman–Crippen MR) is 101 cm³/mol. The molecule has 2 N–H and O–H groups in total. The lowest BCUT2D eigenvalue weighted by atomic mass is 10.1. The van der Waals surface area contributed by atoms with Gasteiger partial charge in [-0.15, -0.1) is 0 Å². The molecule has 1 heterocycles. The average molecular weight is 381 g/mol. The Morgan fingerprint density at radius 2 is 1.57 bits per heavy atom. The fraction of sp³-hybridized carbons (Fsp3) is 0.200. The topological polar surface area (TPSA) is 124 Å². The summed E-state index contributed by atoms with van der Waals surface area (Å²) in [7, 11) is 3.09. The summed E-state index contributed by atoms with van der Waals surface area (Å²) in [4.78, 5) is 36.1. The molecule has 28 heavy (non-hydrogen) atoms. The van der Waals surface area contributed by atoms with Crippen molar-refractivity contribution in [2.24, 2.45) is 0 Å². The van der Waals surface area contributed by atoms with Crippen LogP contribution in [0, 0.1) is 25.2 Å². The van der Waals surface area contributed by atoms with Crippen LogP contribution in [-0.4, -0.2) is 51.6 Å². The van der Waals surface area contributed by atoms with Crippen LogP contribution in [0.15, 0.2) is 29.8 Å². The monoisotopic (exact) mass is 381 g/mol. The fourth-order valence-electron chi connectivity index (χ4n) is 2.86. The fourth-order valence-corrected chi connectivity index (χ4v) is 2.86. The van der Waals surface area contributed by atoms with Crippen LogP contribution in [0.25, 0.3) is 11.8 Å². The van der Waals surface area contributed by atoms with E-state index in [-0.39, 0.29) is 16.7 Å². The quantitative estimate of drug-likeness (QED) is 0.606. The first-order chi connectivity index (χ1) is 13.1. The van der Waals surface area contributed by atoms with Gasteiger partial charge >= 0.3 is 11.9 Å². The standard InChI is InChI=1S/C20H19N3O5/c1-11-5-13(6-16(10-21)18(24)22(3)4)12(2)23(11)17-8-14(19(25)26)7-15(9-17)20(27)28/h5-9H,1-4H3,(H,25,26)(H,27,28)/b16-6-. The normalized spacial score (nSPS) is 11.0. The predicted octanol–water partition coefficient (Wildman–Crippen LogP) is 2.49. The Bertz CT molecular complexity index is 1020. The van der Waals surface area contributed by atoms with Gasteiger partial charge in [0.15, 0.2) is 0 Å². The molecule has 0 radical (unpaired) electrons. The summed E-state index contributed by atoms with van der Waals surface area (Å²) in [5, 5.41) is 27.8. The van der Waals surface area contributed by atoms with E-state index in [1.165, 1.54) is 23.1 Å². The third-order valence-electron chi connectivity index (χ3n) is 4.20. The van der Waals surface area contributed by atoms with Gasteiger partial charge < -0.3 is 19.7 Å². The summed E-state index contributed by atoms with van der Waals surface area (Å²) in [5.41, 5.74) is 1.94. The molecule has 0 spiro atoms. The molecule has 8 heteroatoms. The molecule has 0 aliphatic heterocycles. The molecule has 0 fully saturated rings. The number of carboxylic acids is 2. The third kappa shape index (κ3) is 3.94. The molecule has 0 saturated heterocycles. The van der Waals surface area contributed by atoms with Gasteiger partial charge in [-0.05, 0) is 49.8 Å². The van der Waals surface area contributed by atoms with E-state index in [2.05, 4.69) is 0 Å². The van der Waals surface area contributed by atoms with Gasteiger partial charge in [-0.25, -0.2) is 9.59 Å². The number of aryl methyl sites for hydroxylation is 1. The van der Waals surface area contributed by atoms with E-state index in [1.807, 2.05) is 6.07 Å². The second kappa shape index (κ2) is 7.80. The van der Waals surface area contributed by atoms with Crippen molar-refractivity contribution < 1.29 is 24.6 Å². The van der Waals surface area contributed by atoms with Crippen molar-refractivity contribution in [1.82, 2.24) is 9.47 Å². The summed E-state index contributed by atoms with van der Waals surface area (Å²) < 4.78 is 1.68. The molecule has 0 bridgehead atoms. The Kier molecular flexibility index (Phi) is 5.70. The van der Waals surface area contributed by atoms with Gasteiger partial charge in [-0.2, -0.15) is 5.26 Å². The third-order valence-corrected chi connectivity index (χ3v) is 4.20. The van der Waals surface area contributed by atoms with E-state index >= 15 is 0 Å².